The minimum atomic E-state index is -0.0440. The van der Waals surface area contributed by atoms with E-state index in [1.165, 1.54) is 0 Å². The lowest BCUT2D eigenvalue weighted by atomic mass is 10.3. The van der Waals surface area contributed by atoms with Crippen molar-refractivity contribution in [2.45, 2.75) is 0 Å². The molecule has 4 nitrogen and oxygen atoms in total. The van der Waals surface area contributed by atoms with Gasteiger partial charge in [-0.2, -0.15) is 0 Å². The molecular weight excluding hydrogens is 246 g/mol. The molecule has 0 radical (unpaired) electrons. The van der Waals surface area contributed by atoms with Crippen molar-refractivity contribution < 1.29 is 0 Å². The van der Waals surface area contributed by atoms with Crippen molar-refractivity contribution in [3.63, 3.8) is 0 Å². The summed E-state index contributed by atoms with van der Waals surface area (Å²) in [5.41, 5.74) is 8.06. The molecule has 0 unspecified atom stereocenters. The van der Waals surface area contributed by atoms with E-state index in [4.69, 9.17) is 5.73 Å². The first-order chi connectivity index (χ1) is 6.52. The zero-order valence-corrected chi connectivity index (χ0v) is 9.50. The van der Waals surface area contributed by atoms with Crippen molar-refractivity contribution in [2.75, 3.05) is 5.73 Å². The molecule has 0 bridgehead atoms. The summed E-state index contributed by atoms with van der Waals surface area (Å²) in [5, 5.41) is 0. The summed E-state index contributed by atoms with van der Waals surface area (Å²) < 4.78 is 3.99. The average molecular weight is 256 g/mol. The minimum absolute atomic E-state index is 0.0440. The zero-order valence-electron chi connectivity index (χ0n) is 7.91. The van der Waals surface area contributed by atoms with Gasteiger partial charge in [-0.05, 0) is 28.1 Å². The van der Waals surface area contributed by atoms with Crippen molar-refractivity contribution in [3.8, 4) is 0 Å². The van der Waals surface area contributed by atoms with E-state index in [1.54, 1.807) is 29.3 Å². The zero-order chi connectivity index (χ0) is 10.5. The van der Waals surface area contributed by atoms with Crippen molar-refractivity contribution in [2.24, 2.45) is 14.1 Å². The highest BCUT2D eigenvalue weighted by Gasteiger charge is 2.09. The average Bonchev–Trinajstić information content (AvgIpc) is 2.34. The van der Waals surface area contributed by atoms with Crippen molar-refractivity contribution in [3.05, 3.63) is 27.1 Å². The maximum atomic E-state index is 11.6. The van der Waals surface area contributed by atoms with E-state index < -0.39 is 0 Å². The number of halogens is 1. The second kappa shape index (κ2) is 2.88. The van der Waals surface area contributed by atoms with Crippen LogP contribution in [0.5, 0.6) is 0 Å². The molecule has 0 aliphatic heterocycles. The van der Waals surface area contributed by atoms with Crippen LogP contribution in [0.4, 0.5) is 5.69 Å². The van der Waals surface area contributed by atoms with Crippen LogP contribution in [0.3, 0.4) is 0 Å². The fraction of sp³-hybridized carbons (Fsp3) is 0.222. The summed E-state index contributed by atoms with van der Waals surface area (Å²) in [4.78, 5) is 11.6. The number of nitrogen functional groups attached to an aromatic ring is 1. The lowest BCUT2D eigenvalue weighted by molar-refractivity contribution is 0.795. The van der Waals surface area contributed by atoms with Gasteiger partial charge in [0, 0.05) is 24.3 Å². The number of hydrogen-bond donors (Lipinski definition) is 1. The molecule has 0 saturated heterocycles. The van der Waals surface area contributed by atoms with Crippen LogP contribution in [0.15, 0.2) is 21.4 Å². The van der Waals surface area contributed by atoms with Crippen LogP contribution in [0.2, 0.25) is 0 Å². The predicted molar refractivity (Wildman–Crippen MR) is 60.3 cm³/mol. The van der Waals surface area contributed by atoms with Gasteiger partial charge in [-0.25, -0.2) is 4.79 Å². The maximum Gasteiger partial charge on any atom is 0.328 e. The van der Waals surface area contributed by atoms with E-state index in [0.717, 1.165) is 15.5 Å². The van der Waals surface area contributed by atoms with Crippen molar-refractivity contribution in [1.29, 1.82) is 0 Å². The van der Waals surface area contributed by atoms with E-state index in [2.05, 4.69) is 15.9 Å². The van der Waals surface area contributed by atoms with Gasteiger partial charge in [-0.3, -0.25) is 9.13 Å². The molecule has 0 atom stereocenters. The van der Waals surface area contributed by atoms with Gasteiger partial charge < -0.3 is 5.73 Å². The summed E-state index contributed by atoms with van der Waals surface area (Å²) in [7, 11) is 3.48. The van der Waals surface area contributed by atoms with E-state index in [1.807, 2.05) is 6.07 Å². The van der Waals surface area contributed by atoms with Crippen molar-refractivity contribution in [1.82, 2.24) is 9.13 Å². The molecule has 1 aromatic carbocycles. The van der Waals surface area contributed by atoms with E-state index in [0.29, 0.717) is 5.69 Å². The van der Waals surface area contributed by atoms with Gasteiger partial charge in [0.2, 0.25) is 0 Å². The number of rotatable bonds is 0. The topological polar surface area (TPSA) is 53.0 Å². The molecule has 74 valence electrons. The van der Waals surface area contributed by atoms with Gasteiger partial charge in [0.1, 0.15) is 0 Å². The SMILES string of the molecule is Cn1c(=O)n(C)c2cc(Br)c(N)cc21. The molecule has 2 aromatic rings. The molecule has 2 N–H and O–H groups in total. The van der Waals surface area contributed by atoms with Crippen LogP contribution >= 0.6 is 15.9 Å². The number of aromatic nitrogens is 2. The van der Waals surface area contributed by atoms with Crippen molar-refractivity contribution >= 4 is 32.7 Å². The molecule has 1 aromatic heterocycles. The van der Waals surface area contributed by atoms with Gasteiger partial charge in [-0.15, -0.1) is 0 Å². The largest absolute Gasteiger partial charge is 0.398 e. The number of fused-ring (bicyclic) bond motifs is 1. The lowest BCUT2D eigenvalue weighted by Gasteiger charge is -1.99. The van der Waals surface area contributed by atoms with Gasteiger partial charge in [-0.1, -0.05) is 0 Å². The maximum absolute atomic E-state index is 11.6. The third-order valence-corrected chi connectivity index (χ3v) is 3.08. The molecule has 0 spiro atoms. The summed E-state index contributed by atoms with van der Waals surface area (Å²) in [6.07, 6.45) is 0. The van der Waals surface area contributed by atoms with E-state index in [9.17, 15) is 4.79 Å². The smallest absolute Gasteiger partial charge is 0.328 e. The van der Waals surface area contributed by atoms with Gasteiger partial charge >= 0.3 is 5.69 Å². The Bertz CT molecular complexity index is 519. The van der Waals surface area contributed by atoms with Gasteiger partial charge in [0.25, 0.3) is 0 Å². The lowest BCUT2D eigenvalue weighted by Crippen LogP contribution is -2.19. The molecule has 0 aliphatic rings. The first kappa shape index (κ1) is 9.33. The summed E-state index contributed by atoms with van der Waals surface area (Å²) in [6.45, 7) is 0. The third-order valence-electron chi connectivity index (χ3n) is 2.39. The first-order valence-corrected chi connectivity index (χ1v) is 4.92. The van der Waals surface area contributed by atoms with Gasteiger partial charge in [0.15, 0.2) is 0 Å². The Kier molecular flexibility index (Phi) is 1.92. The molecule has 14 heavy (non-hydrogen) atoms. The third kappa shape index (κ3) is 1.09. The Balaban J connectivity index is 3.04. The second-order valence-electron chi connectivity index (χ2n) is 3.26. The normalized spacial score (nSPS) is 11.1. The summed E-state index contributed by atoms with van der Waals surface area (Å²) >= 11 is 3.33. The van der Waals surface area contributed by atoms with Crippen LogP contribution in [-0.4, -0.2) is 9.13 Å². The molecule has 1 heterocycles. The quantitative estimate of drug-likeness (QED) is 0.720. The molecular formula is C9H10BrN3O. The van der Waals surface area contributed by atoms with Gasteiger partial charge in [0.05, 0.1) is 11.0 Å². The number of aryl methyl sites for hydroxylation is 2. The predicted octanol–water partition coefficient (Wildman–Crippen LogP) is 1.22. The molecule has 0 fully saturated rings. The molecule has 0 aliphatic carbocycles. The number of nitrogens with zero attached hydrogens (tertiary/aromatic N) is 2. The Labute approximate surface area is 89.1 Å². The first-order valence-electron chi connectivity index (χ1n) is 4.13. The minimum Gasteiger partial charge on any atom is -0.398 e. The van der Waals surface area contributed by atoms with E-state index in [-0.39, 0.29) is 5.69 Å². The number of hydrogen-bond acceptors (Lipinski definition) is 2. The van der Waals surface area contributed by atoms with Crippen LogP contribution in [0, 0.1) is 0 Å². The standard InChI is InChI=1S/C9H10BrN3O/c1-12-7-3-5(10)6(11)4-8(7)13(2)9(12)14/h3-4H,11H2,1-2H3. The fourth-order valence-corrected chi connectivity index (χ4v) is 1.87. The molecule has 0 amide bonds. The summed E-state index contributed by atoms with van der Waals surface area (Å²) in [6, 6.07) is 3.65. The summed E-state index contributed by atoms with van der Waals surface area (Å²) in [5.74, 6) is 0. The fourth-order valence-electron chi connectivity index (χ4n) is 1.54. The van der Waals surface area contributed by atoms with Crippen LogP contribution in [0.1, 0.15) is 0 Å². The molecule has 2 rings (SSSR count). The van der Waals surface area contributed by atoms with Crippen LogP contribution < -0.4 is 11.4 Å². The number of imidazole rings is 1. The molecule has 0 saturated carbocycles. The Morgan fingerprint density at radius 2 is 1.71 bits per heavy atom. The molecule has 5 heteroatoms. The second-order valence-corrected chi connectivity index (χ2v) is 4.12. The van der Waals surface area contributed by atoms with Crippen LogP contribution in [0.25, 0.3) is 11.0 Å². The number of nitrogens with two attached hydrogens (primary N) is 1. The monoisotopic (exact) mass is 255 g/mol. The Morgan fingerprint density at radius 3 is 2.29 bits per heavy atom. The van der Waals surface area contributed by atoms with E-state index >= 15 is 0 Å². The highest BCUT2D eigenvalue weighted by molar-refractivity contribution is 9.10. The highest BCUT2D eigenvalue weighted by Crippen LogP contribution is 2.24. The Morgan fingerprint density at radius 1 is 1.21 bits per heavy atom. The number of anilines is 1. The highest BCUT2D eigenvalue weighted by atomic mass is 79.9. The van der Waals surface area contributed by atoms with Crippen LogP contribution in [-0.2, 0) is 14.1 Å². The Hall–Kier alpha value is -1.23. The number of benzene rings is 1.